The molecule has 0 fully saturated rings. The molecule has 0 heterocycles. The summed E-state index contributed by atoms with van der Waals surface area (Å²) in [6.07, 6.45) is 0.380. The predicted molar refractivity (Wildman–Crippen MR) is 75.2 cm³/mol. The van der Waals surface area contributed by atoms with Gasteiger partial charge in [0.2, 0.25) is 5.91 Å². The number of aryl methyl sites for hydroxylation is 1. The maximum absolute atomic E-state index is 12.2. The number of aliphatic carboxylic acids is 1. The van der Waals surface area contributed by atoms with Gasteiger partial charge in [0, 0.05) is 18.7 Å². The fourth-order valence-electron chi connectivity index (χ4n) is 1.86. The first-order chi connectivity index (χ1) is 8.90. The van der Waals surface area contributed by atoms with E-state index in [1.54, 1.807) is 4.90 Å². The fourth-order valence-corrected chi connectivity index (χ4v) is 1.86. The van der Waals surface area contributed by atoms with E-state index in [9.17, 15) is 9.59 Å². The zero-order chi connectivity index (χ0) is 14.4. The van der Waals surface area contributed by atoms with Crippen LogP contribution in [0.25, 0.3) is 0 Å². The van der Waals surface area contributed by atoms with Crippen LogP contribution in [0.3, 0.4) is 0 Å². The molecule has 4 heteroatoms. The van der Waals surface area contributed by atoms with E-state index >= 15 is 0 Å². The third kappa shape index (κ3) is 5.12. The van der Waals surface area contributed by atoms with Crippen molar-refractivity contribution in [2.75, 3.05) is 11.4 Å². The van der Waals surface area contributed by atoms with Crippen molar-refractivity contribution in [2.45, 2.75) is 33.6 Å². The molecule has 0 radical (unpaired) electrons. The van der Waals surface area contributed by atoms with Crippen molar-refractivity contribution < 1.29 is 14.7 Å². The zero-order valence-electron chi connectivity index (χ0n) is 11.7. The van der Waals surface area contributed by atoms with Crippen molar-refractivity contribution in [1.82, 2.24) is 0 Å². The van der Waals surface area contributed by atoms with Gasteiger partial charge >= 0.3 is 5.97 Å². The largest absolute Gasteiger partial charge is 0.481 e. The lowest BCUT2D eigenvalue weighted by Crippen LogP contribution is -2.33. The molecule has 0 aliphatic carbocycles. The van der Waals surface area contributed by atoms with E-state index in [1.165, 1.54) is 0 Å². The van der Waals surface area contributed by atoms with Gasteiger partial charge in [0.05, 0.1) is 6.42 Å². The van der Waals surface area contributed by atoms with E-state index in [0.717, 1.165) is 11.3 Å². The molecule has 0 spiro atoms. The Morgan fingerprint density at radius 1 is 1.32 bits per heavy atom. The standard InChI is InChI=1S/C15H21NO3/c1-11(2)9-14(17)16(8-7-15(18)19)13-6-4-5-12(3)10-13/h4-6,10-11H,7-9H2,1-3H3,(H,18,19). The Kier molecular flexibility index (Phi) is 5.55. The maximum Gasteiger partial charge on any atom is 0.305 e. The van der Waals surface area contributed by atoms with E-state index in [-0.39, 0.29) is 24.8 Å². The molecule has 104 valence electrons. The zero-order valence-corrected chi connectivity index (χ0v) is 11.7. The minimum Gasteiger partial charge on any atom is -0.481 e. The Labute approximate surface area is 114 Å². The third-order valence-corrected chi connectivity index (χ3v) is 2.75. The lowest BCUT2D eigenvalue weighted by Gasteiger charge is -2.23. The van der Waals surface area contributed by atoms with Crippen molar-refractivity contribution in [2.24, 2.45) is 5.92 Å². The molecule has 0 saturated heterocycles. The summed E-state index contributed by atoms with van der Waals surface area (Å²) in [6, 6.07) is 7.57. The first-order valence-electron chi connectivity index (χ1n) is 6.49. The molecule has 0 aliphatic rings. The van der Waals surface area contributed by atoms with Gasteiger partial charge in [-0.1, -0.05) is 26.0 Å². The smallest absolute Gasteiger partial charge is 0.305 e. The highest BCUT2D eigenvalue weighted by Crippen LogP contribution is 2.18. The first-order valence-corrected chi connectivity index (χ1v) is 6.49. The van der Waals surface area contributed by atoms with Gasteiger partial charge in [0.25, 0.3) is 0 Å². The Morgan fingerprint density at radius 3 is 2.53 bits per heavy atom. The Bertz CT molecular complexity index is 454. The van der Waals surface area contributed by atoms with Crippen molar-refractivity contribution in [3.8, 4) is 0 Å². The van der Waals surface area contributed by atoms with Gasteiger partial charge in [0.1, 0.15) is 0 Å². The summed E-state index contributed by atoms with van der Waals surface area (Å²) < 4.78 is 0. The number of carbonyl (C=O) groups excluding carboxylic acids is 1. The van der Waals surface area contributed by atoms with Gasteiger partial charge in [-0.05, 0) is 30.5 Å². The van der Waals surface area contributed by atoms with Crippen molar-refractivity contribution >= 4 is 17.6 Å². The molecule has 0 unspecified atom stereocenters. The average Bonchev–Trinajstić information content (AvgIpc) is 2.27. The van der Waals surface area contributed by atoms with Crippen molar-refractivity contribution in [1.29, 1.82) is 0 Å². The van der Waals surface area contributed by atoms with Crippen LogP contribution < -0.4 is 4.90 Å². The van der Waals surface area contributed by atoms with Crippen LogP contribution in [0.4, 0.5) is 5.69 Å². The molecule has 0 aromatic heterocycles. The van der Waals surface area contributed by atoms with E-state index in [2.05, 4.69) is 0 Å². The molecule has 0 bridgehead atoms. The predicted octanol–water partition coefficient (Wildman–Crippen LogP) is 2.85. The number of nitrogens with zero attached hydrogens (tertiary/aromatic N) is 1. The number of benzene rings is 1. The van der Waals surface area contributed by atoms with Crippen LogP contribution in [0, 0.1) is 12.8 Å². The van der Waals surface area contributed by atoms with Gasteiger partial charge in [-0.25, -0.2) is 0 Å². The van der Waals surface area contributed by atoms with E-state index in [4.69, 9.17) is 5.11 Å². The molecule has 1 aromatic rings. The molecule has 0 saturated carbocycles. The highest BCUT2D eigenvalue weighted by atomic mass is 16.4. The fraction of sp³-hybridized carbons (Fsp3) is 0.467. The summed E-state index contributed by atoms with van der Waals surface area (Å²) in [5.74, 6) is -0.665. The van der Waals surface area contributed by atoms with Crippen LogP contribution in [0.5, 0.6) is 0 Å². The average molecular weight is 263 g/mol. The second kappa shape index (κ2) is 6.92. The van der Waals surface area contributed by atoms with E-state index in [0.29, 0.717) is 6.42 Å². The number of anilines is 1. The van der Waals surface area contributed by atoms with Crippen LogP contribution >= 0.6 is 0 Å². The molecular weight excluding hydrogens is 242 g/mol. The van der Waals surface area contributed by atoms with Gasteiger partial charge in [0.15, 0.2) is 0 Å². The number of carbonyl (C=O) groups is 2. The monoisotopic (exact) mass is 263 g/mol. The second-order valence-electron chi connectivity index (χ2n) is 5.13. The second-order valence-corrected chi connectivity index (χ2v) is 5.13. The van der Waals surface area contributed by atoms with Crippen molar-refractivity contribution in [3.05, 3.63) is 29.8 Å². The summed E-state index contributed by atoms with van der Waals surface area (Å²) in [7, 11) is 0. The Balaban J connectivity index is 2.91. The minimum atomic E-state index is -0.894. The van der Waals surface area contributed by atoms with Crippen molar-refractivity contribution in [3.63, 3.8) is 0 Å². The SMILES string of the molecule is Cc1cccc(N(CCC(=O)O)C(=O)CC(C)C)c1. The van der Waals surface area contributed by atoms with E-state index in [1.807, 2.05) is 45.0 Å². The number of rotatable bonds is 6. The molecule has 1 N–H and O–H groups in total. The van der Waals surface area contributed by atoms with Crippen LogP contribution in [-0.4, -0.2) is 23.5 Å². The molecule has 1 rings (SSSR count). The van der Waals surface area contributed by atoms with Crippen LogP contribution in [0.2, 0.25) is 0 Å². The molecule has 4 nitrogen and oxygen atoms in total. The van der Waals surface area contributed by atoms with Gasteiger partial charge in [-0.2, -0.15) is 0 Å². The molecule has 0 aliphatic heterocycles. The number of amides is 1. The van der Waals surface area contributed by atoms with Crippen LogP contribution in [-0.2, 0) is 9.59 Å². The number of hydrogen-bond acceptors (Lipinski definition) is 2. The normalized spacial score (nSPS) is 10.5. The summed E-state index contributed by atoms with van der Waals surface area (Å²) >= 11 is 0. The quantitative estimate of drug-likeness (QED) is 0.858. The van der Waals surface area contributed by atoms with Gasteiger partial charge in [-0.15, -0.1) is 0 Å². The lowest BCUT2D eigenvalue weighted by atomic mass is 10.1. The highest BCUT2D eigenvalue weighted by molar-refractivity contribution is 5.94. The third-order valence-electron chi connectivity index (χ3n) is 2.75. The van der Waals surface area contributed by atoms with Crippen LogP contribution in [0.1, 0.15) is 32.3 Å². The highest BCUT2D eigenvalue weighted by Gasteiger charge is 2.17. The molecule has 1 aromatic carbocycles. The minimum absolute atomic E-state index is 0.0261. The van der Waals surface area contributed by atoms with Gasteiger partial charge in [-0.3, -0.25) is 9.59 Å². The number of carboxylic acids is 1. The number of carboxylic acid groups (broad SMARTS) is 1. The van der Waals surface area contributed by atoms with Crippen LogP contribution in [0.15, 0.2) is 24.3 Å². The number of hydrogen-bond donors (Lipinski definition) is 1. The molecule has 0 atom stereocenters. The summed E-state index contributed by atoms with van der Waals surface area (Å²) in [6.45, 7) is 6.11. The first kappa shape index (κ1) is 15.2. The summed E-state index contributed by atoms with van der Waals surface area (Å²) in [5.41, 5.74) is 1.82. The summed E-state index contributed by atoms with van der Waals surface area (Å²) in [4.78, 5) is 24.5. The summed E-state index contributed by atoms with van der Waals surface area (Å²) in [5, 5.41) is 8.79. The topological polar surface area (TPSA) is 57.6 Å². The Hall–Kier alpha value is -1.84. The molecular formula is C15H21NO3. The molecule has 1 amide bonds. The maximum atomic E-state index is 12.2. The van der Waals surface area contributed by atoms with E-state index < -0.39 is 5.97 Å². The Morgan fingerprint density at radius 2 is 2.00 bits per heavy atom. The molecule has 19 heavy (non-hydrogen) atoms. The lowest BCUT2D eigenvalue weighted by molar-refractivity contribution is -0.136. The van der Waals surface area contributed by atoms with Gasteiger partial charge < -0.3 is 10.0 Å².